The Bertz CT molecular complexity index is 1130. The first-order chi connectivity index (χ1) is 16.3. The molecule has 0 aromatic heterocycles. The minimum atomic E-state index is -3.51. The number of aryl methyl sites for hydroxylation is 1. The van der Waals surface area contributed by atoms with Gasteiger partial charge in [-0.25, -0.2) is 12.8 Å². The van der Waals surface area contributed by atoms with Crippen LogP contribution in [0, 0.1) is 5.82 Å². The number of piperidine rings is 1. The molecule has 1 heterocycles. The Kier molecular flexibility index (Phi) is 8.72. The predicted octanol–water partition coefficient (Wildman–Crippen LogP) is 1.94. The highest BCUT2D eigenvalue weighted by atomic mass is 32.2. The molecule has 2 aromatic rings. The van der Waals surface area contributed by atoms with E-state index in [4.69, 9.17) is 4.74 Å². The first kappa shape index (κ1) is 25.3. The Morgan fingerprint density at radius 1 is 0.941 bits per heavy atom. The van der Waals surface area contributed by atoms with Crippen LogP contribution in [-0.2, 0) is 30.8 Å². The quantitative estimate of drug-likeness (QED) is 0.430. The van der Waals surface area contributed by atoms with Gasteiger partial charge in [-0.05, 0) is 49.1 Å². The predicted molar refractivity (Wildman–Crippen MR) is 120 cm³/mol. The number of esters is 1. The molecule has 2 aromatic carbocycles. The van der Waals surface area contributed by atoms with E-state index in [0.717, 1.165) is 30.9 Å². The van der Waals surface area contributed by atoms with E-state index in [-0.39, 0.29) is 16.9 Å². The lowest BCUT2D eigenvalue weighted by Crippen LogP contribution is -2.43. The van der Waals surface area contributed by atoms with E-state index >= 15 is 0 Å². The van der Waals surface area contributed by atoms with Gasteiger partial charge < -0.3 is 4.74 Å². The second kappa shape index (κ2) is 11.7. The number of nitrogens with one attached hydrogen (secondary N) is 2. The molecular formula is C23H26FN3O6S. The summed E-state index contributed by atoms with van der Waals surface area (Å²) in [6, 6.07) is 11.6. The van der Waals surface area contributed by atoms with Crippen molar-refractivity contribution in [2.24, 2.45) is 0 Å². The maximum absolute atomic E-state index is 13.5. The number of benzene rings is 2. The van der Waals surface area contributed by atoms with Crippen LogP contribution >= 0.6 is 0 Å². The van der Waals surface area contributed by atoms with Crippen LogP contribution in [0.2, 0.25) is 0 Å². The number of ether oxygens (including phenoxy) is 1. The molecule has 2 N–H and O–H groups in total. The van der Waals surface area contributed by atoms with Gasteiger partial charge in [-0.3, -0.25) is 25.2 Å². The molecule has 0 unspecified atom stereocenters. The van der Waals surface area contributed by atoms with Gasteiger partial charge in [0.2, 0.25) is 10.0 Å². The van der Waals surface area contributed by atoms with Crippen LogP contribution in [0.15, 0.2) is 53.4 Å². The molecule has 34 heavy (non-hydrogen) atoms. The summed E-state index contributed by atoms with van der Waals surface area (Å²) >= 11 is 0. The van der Waals surface area contributed by atoms with Crippen molar-refractivity contribution < 1.29 is 31.9 Å². The molecule has 0 spiro atoms. The van der Waals surface area contributed by atoms with Crippen LogP contribution in [0.1, 0.15) is 41.6 Å². The van der Waals surface area contributed by atoms with Gasteiger partial charge in [0.05, 0.1) is 10.5 Å². The van der Waals surface area contributed by atoms with Crippen LogP contribution in [0.5, 0.6) is 0 Å². The first-order valence-corrected chi connectivity index (χ1v) is 12.3. The average molecular weight is 492 g/mol. The standard InChI is InChI=1S/C23H26FN3O6S/c24-20-7-3-2-6-19(20)23(30)26-25-21(28)16-33-22(29)13-10-17-8-11-18(12-9-17)34(31,32)27-14-4-1-5-15-27/h2-3,6-9,11-12H,1,4-5,10,13-16H2,(H,25,28)(H,26,30). The van der Waals surface area contributed by atoms with Crippen LogP contribution in [0.3, 0.4) is 0 Å². The summed E-state index contributed by atoms with van der Waals surface area (Å²) in [4.78, 5) is 35.7. The monoisotopic (exact) mass is 491 g/mol. The van der Waals surface area contributed by atoms with Crippen molar-refractivity contribution in [3.8, 4) is 0 Å². The van der Waals surface area contributed by atoms with Gasteiger partial charge in [-0.2, -0.15) is 4.31 Å². The Labute approximate surface area is 197 Å². The van der Waals surface area contributed by atoms with Crippen molar-refractivity contribution in [3.63, 3.8) is 0 Å². The van der Waals surface area contributed by atoms with Gasteiger partial charge in [0.1, 0.15) is 5.82 Å². The number of sulfonamides is 1. The third-order valence-corrected chi connectivity index (χ3v) is 7.21. The molecule has 1 fully saturated rings. The van der Waals surface area contributed by atoms with Gasteiger partial charge in [0.25, 0.3) is 11.8 Å². The summed E-state index contributed by atoms with van der Waals surface area (Å²) in [5.74, 6) is -3.01. The third-order valence-electron chi connectivity index (χ3n) is 5.29. The van der Waals surface area contributed by atoms with Gasteiger partial charge in [-0.15, -0.1) is 0 Å². The first-order valence-electron chi connectivity index (χ1n) is 10.9. The number of amides is 2. The third kappa shape index (κ3) is 6.84. The fourth-order valence-corrected chi connectivity index (χ4v) is 4.94. The molecule has 0 aliphatic carbocycles. The van der Waals surface area contributed by atoms with Crippen molar-refractivity contribution in [2.75, 3.05) is 19.7 Å². The zero-order valence-corrected chi connectivity index (χ0v) is 19.3. The minimum Gasteiger partial charge on any atom is -0.455 e. The van der Waals surface area contributed by atoms with Crippen LogP contribution in [-0.4, -0.2) is 50.2 Å². The molecule has 9 nitrogen and oxygen atoms in total. The highest BCUT2D eigenvalue weighted by Gasteiger charge is 2.25. The number of carbonyl (C=O) groups is 3. The second-order valence-electron chi connectivity index (χ2n) is 7.75. The SMILES string of the molecule is O=C(COC(=O)CCc1ccc(S(=O)(=O)N2CCCCC2)cc1)NNC(=O)c1ccccc1F. The molecule has 1 saturated heterocycles. The van der Waals surface area contributed by atoms with Crippen molar-refractivity contribution in [1.82, 2.24) is 15.2 Å². The maximum atomic E-state index is 13.5. The second-order valence-corrected chi connectivity index (χ2v) is 9.69. The smallest absolute Gasteiger partial charge is 0.306 e. The van der Waals surface area contributed by atoms with Crippen molar-refractivity contribution >= 4 is 27.8 Å². The fourth-order valence-electron chi connectivity index (χ4n) is 3.42. The lowest BCUT2D eigenvalue weighted by molar-refractivity contribution is -0.148. The fraction of sp³-hybridized carbons (Fsp3) is 0.348. The van der Waals surface area contributed by atoms with Gasteiger partial charge in [0, 0.05) is 19.5 Å². The molecule has 1 aliphatic rings. The Balaban J connectivity index is 1.39. The molecule has 0 saturated carbocycles. The van der Waals surface area contributed by atoms with E-state index in [1.165, 1.54) is 34.6 Å². The minimum absolute atomic E-state index is 0.0207. The Hall–Kier alpha value is -3.31. The molecule has 3 rings (SSSR count). The van der Waals surface area contributed by atoms with Crippen LogP contribution < -0.4 is 10.9 Å². The summed E-state index contributed by atoms with van der Waals surface area (Å²) in [6.45, 7) is 0.427. The van der Waals surface area contributed by atoms with E-state index in [2.05, 4.69) is 0 Å². The summed E-state index contributed by atoms with van der Waals surface area (Å²) in [5, 5.41) is 0. The maximum Gasteiger partial charge on any atom is 0.306 e. The van der Waals surface area contributed by atoms with Gasteiger partial charge in [-0.1, -0.05) is 30.7 Å². The number of hydrogen-bond donors (Lipinski definition) is 2. The summed E-state index contributed by atoms with van der Waals surface area (Å²) in [6.07, 6.45) is 3.03. The Morgan fingerprint density at radius 3 is 2.29 bits per heavy atom. The van der Waals surface area contributed by atoms with E-state index in [1.807, 2.05) is 10.9 Å². The zero-order valence-electron chi connectivity index (χ0n) is 18.5. The van der Waals surface area contributed by atoms with Crippen molar-refractivity contribution in [2.45, 2.75) is 37.0 Å². The molecule has 0 bridgehead atoms. The van der Waals surface area contributed by atoms with E-state index in [9.17, 15) is 27.2 Å². The summed E-state index contributed by atoms with van der Waals surface area (Å²) in [7, 11) is -3.51. The van der Waals surface area contributed by atoms with E-state index in [0.29, 0.717) is 19.5 Å². The topological polar surface area (TPSA) is 122 Å². The number of nitrogens with zero attached hydrogens (tertiary/aromatic N) is 1. The van der Waals surface area contributed by atoms with Crippen LogP contribution in [0.25, 0.3) is 0 Å². The number of halogens is 1. The number of hydrogen-bond acceptors (Lipinski definition) is 6. The molecule has 2 amide bonds. The Morgan fingerprint density at radius 2 is 1.62 bits per heavy atom. The van der Waals surface area contributed by atoms with E-state index < -0.39 is 40.2 Å². The van der Waals surface area contributed by atoms with Crippen molar-refractivity contribution in [3.05, 3.63) is 65.5 Å². The summed E-state index contributed by atoms with van der Waals surface area (Å²) < 4.78 is 45.2. The van der Waals surface area contributed by atoms with E-state index in [1.54, 1.807) is 12.1 Å². The molecule has 182 valence electrons. The van der Waals surface area contributed by atoms with Crippen LogP contribution in [0.4, 0.5) is 4.39 Å². The molecule has 0 atom stereocenters. The van der Waals surface area contributed by atoms with Gasteiger partial charge in [0.15, 0.2) is 6.61 Å². The zero-order chi connectivity index (χ0) is 24.6. The lowest BCUT2D eigenvalue weighted by Gasteiger charge is -2.25. The number of carbonyl (C=O) groups excluding carboxylic acids is 3. The normalized spacial score (nSPS) is 14.3. The molecule has 11 heteroatoms. The molecular weight excluding hydrogens is 465 g/mol. The molecule has 1 aliphatic heterocycles. The van der Waals surface area contributed by atoms with Gasteiger partial charge >= 0.3 is 5.97 Å². The number of hydrazine groups is 1. The summed E-state index contributed by atoms with van der Waals surface area (Å²) in [5.41, 5.74) is 4.59. The molecule has 0 radical (unpaired) electrons. The highest BCUT2D eigenvalue weighted by molar-refractivity contribution is 7.89. The largest absolute Gasteiger partial charge is 0.455 e. The average Bonchev–Trinajstić information content (AvgIpc) is 2.85. The lowest BCUT2D eigenvalue weighted by atomic mass is 10.1. The number of rotatable bonds is 8. The highest BCUT2D eigenvalue weighted by Crippen LogP contribution is 2.21. The van der Waals surface area contributed by atoms with Crippen molar-refractivity contribution in [1.29, 1.82) is 0 Å².